The van der Waals surface area contributed by atoms with Gasteiger partial charge in [-0.15, -0.1) is 5.10 Å². The zero-order valence-electron chi connectivity index (χ0n) is 9.58. The summed E-state index contributed by atoms with van der Waals surface area (Å²) in [6.07, 6.45) is 0. The summed E-state index contributed by atoms with van der Waals surface area (Å²) in [7, 11) is 1.64. The summed E-state index contributed by atoms with van der Waals surface area (Å²) in [5, 5.41) is 10.7. The van der Waals surface area contributed by atoms with Gasteiger partial charge >= 0.3 is 0 Å². The van der Waals surface area contributed by atoms with E-state index in [1.54, 1.807) is 31.3 Å². The second kappa shape index (κ2) is 5.75. The third-order valence-electron chi connectivity index (χ3n) is 1.86. The first-order valence-electron chi connectivity index (χ1n) is 5.11. The standard InChI is InChI=1S/C9H8N4O.C2H6/c1-13-9(10-11-12-13)8(14)7-5-3-2-4-6-7;1-2/h2-6H,1H3;1-2H3. The molecule has 0 amide bonds. The normalized spacial score (nSPS) is 9.19. The molecule has 0 fully saturated rings. The number of tetrazole rings is 1. The van der Waals surface area contributed by atoms with Crippen molar-refractivity contribution in [1.82, 2.24) is 20.2 Å². The SMILES string of the molecule is CC.Cn1nnnc1C(=O)c1ccccc1. The average Bonchev–Trinajstić information content (AvgIpc) is 2.78. The van der Waals surface area contributed by atoms with E-state index in [0.29, 0.717) is 5.56 Å². The highest BCUT2D eigenvalue weighted by atomic mass is 16.1. The highest BCUT2D eigenvalue weighted by Gasteiger charge is 2.14. The summed E-state index contributed by atoms with van der Waals surface area (Å²) in [5.74, 6) is 0.0781. The lowest BCUT2D eigenvalue weighted by molar-refractivity contribution is 0.102. The van der Waals surface area contributed by atoms with Crippen molar-refractivity contribution >= 4 is 5.78 Å². The van der Waals surface area contributed by atoms with Gasteiger partial charge in [-0.3, -0.25) is 4.79 Å². The zero-order valence-corrected chi connectivity index (χ0v) is 9.58. The number of hydrogen-bond donors (Lipinski definition) is 0. The summed E-state index contributed by atoms with van der Waals surface area (Å²) in [6.45, 7) is 4.00. The molecule has 0 bridgehead atoms. The third-order valence-corrected chi connectivity index (χ3v) is 1.86. The van der Waals surface area contributed by atoms with Gasteiger partial charge in [-0.1, -0.05) is 44.2 Å². The van der Waals surface area contributed by atoms with Crippen LogP contribution in [0.1, 0.15) is 30.0 Å². The molecule has 16 heavy (non-hydrogen) atoms. The lowest BCUT2D eigenvalue weighted by atomic mass is 10.1. The van der Waals surface area contributed by atoms with E-state index in [-0.39, 0.29) is 11.6 Å². The fraction of sp³-hybridized carbons (Fsp3) is 0.273. The largest absolute Gasteiger partial charge is 0.285 e. The molecule has 1 heterocycles. The maximum absolute atomic E-state index is 11.8. The highest BCUT2D eigenvalue weighted by molar-refractivity contribution is 6.06. The van der Waals surface area contributed by atoms with E-state index in [2.05, 4.69) is 15.5 Å². The van der Waals surface area contributed by atoms with Crippen molar-refractivity contribution in [3.05, 3.63) is 41.7 Å². The number of ketones is 1. The van der Waals surface area contributed by atoms with Crippen molar-refractivity contribution in [1.29, 1.82) is 0 Å². The van der Waals surface area contributed by atoms with Gasteiger partial charge in [-0.05, 0) is 10.4 Å². The molecule has 2 aromatic rings. The number of rotatable bonds is 2. The van der Waals surface area contributed by atoms with Crippen LogP contribution in [0.25, 0.3) is 0 Å². The summed E-state index contributed by atoms with van der Waals surface area (Å²) in [6, 6.07) is 8.92. The molecule has 1 aromatic heterocycles. The van der Waals surface area contributed by atoms with E-state index in [1.165, 1.54) is 4.68 Å². The van der Waals surface area contributed by atoms with E-state index < -0.39 is 0 Å². The number of nitrogens with zero attached hydrogens (tertiary/aromatic N) is 4. The Morgan fingerprint density at radius 1 is 1.19 bits per heavy atom. The molecule has 5 heteroatoms. The summed E-state index contributed by atoms with van der Waals surface area (Å²) < 4.78 is 1.36. The zero-order chi connectivity index (χ0) is 12.0. The first-order chi connectivity index (χ1) is 7.79. The van der Waals surface area contributed by atoms with Gasteiger partial charge in [0.15, 0.2) is 0 Å². The maximum Gasteiger partial charge on any atom is 0.231 e. The van der Waals surface area contributed by atoms with Gasteiger partial charge in [0.25, 0.3) is 0 Å². The smallest absolute Gasteiger partial charge is 0.231 e. The molecule has 0 aliphatic rings. The monoisotopic (exact) mass is 218 g/mol. The average molecular weight is 218 g/mol. The first-order valence-corrected chi connectivity index (χ1v) is 5.11. The molecule has 0 saturated heterocycles. The summed E-state index contributed by atoms with van der Waals surface area (Å²) >= 11 is 0. The van der Waals surface area contributed by atoms with Gasteiger partial charge in [-0.2, -0.15) is 0 Å². The van der Waals surface area contributed by atoms with Crippen LogP contribution in [0.2, 0.25) is 0 Å². The van der Waals surface area contributed by atoms with Gasteiger partial charge in [0.05, 0.1) is 0 Å². The highest BCUT2D eigenvalue weighted by Crippen LogP contribution is 2.04. The second-order valence-electron chi connectivity index (χ2n) is 2.82. The van der Waals surface area contributed by atoms with E-state index >= 15 is 0 Å². The van der Waals surface area contributed by atoms with Gasteiger partial charge in [0.2, 0.25) is 11.6 Å². The van der Waals surface area contributed by atoms with Crippen LogP contribution in [0.4, 0.5) is 0 Å². The number of aromatic nitrogens is 4. The Bertz CT molecular complexity index is 450. The Balaban J connectivity index is 0.000000606. The Labute approximate surface area is 94.1 Å². The molecule has 84 valence electrons. The Morgan fingerprint density at radius 3 is 2.31 bits per heavy atom. The van der Waals surface area contributed by atoms with Crippen molar-refractivity contribution in [3.63, 3.8) is 0 Å². The molecule has 0 N–H and O–H groups in total. The van der Waals surface area contributed by atoms with Gasteiger partial charge in [0, 0.05) is 12.6 Å². The molecule has 0 unspecified atom stereocenters. The molecule has 0 aliphatic heterocycles. The van der Waals surface area contributed by atoms with Crippen LogP contribution in [-0.2, 0) is 7.05 Å². The van der Waals surface area contributed by atoms with Crippen molar-refractivity contribution in [2.45, 2.75) is 13.8 Å². The van der Waals surface area contributed by atoms with Crippen LogP contribution in [0.3, 0.4) is 0 Å². The Kier molecular flexibility index (Phi) is 4.32. The molecule has 0 spiro atoms. The number of aryl methyl sites for hydroxylation is 1. The molecular formula is C11H14N4O. The molecule has 0 saturated carbocycles. The molecule has 0 aliphatic carbocycles. The quantitative estimate of drug-likeness (QED) is 0.716. The van der Waals surface area contributed by atoms with Crippen LogP contribution in [0, 0.1) is 0 Å². The van der Waals surface area contributed by atoms with Crippen molar-refractivity contribution in [3.8, 4) is 0 Å². The Morgan fingerprint density at radius 2 is 1.81 bits per heavy atom. The molecule has 5 nitrogen and oxygen atoms in total. The first kappa shape index (κ1) is 12.0. The third kappa shape index (κ3) is 2.50. The minimum atomic E-state index is -0.168. The summed E-state index contributed by atoms with van der Waals surface area (Å²) in [5.41, 5.74) is 0.588. The molecule has 0 atom stereocenters. The molecule has 0 radical (unpaired) electrons. The fourth-order valence-corrected chi connectivity index (χ4v) is 1.14. The van der Waals surface area contributed by atoms with E-state index in [1.807, 2.05) is 19.9 Å². The summed E-state index contributed by atoms with van der Waals surface area (Å²) in [4.78, 5) is 11.8. The van der Waals surface area contributed by atoms with Gasteiger partial charge in [0.1, 0.15) is 0 Å². The fourth-order valence-electron chi connectivity index (χ4n) is 1.14. The number of benzene rings is 1. The van der Waals surface area contributed by atoms with Crippen LogP contribution in [0.5, 0.6) is 0 Å². The van der Waals surface area contributed by atoms with E-state index in [0.717, 1.165) is 0 Å². The molecule has 2 rings (SSSR count). The predicted molar refractivity (Wildman–Crippen MR) is 60.0 cm³/mol. The van der Waals surface area contributed by atoms with Crippen LogP contribution >= 0.6 is 0 Å². The molecular weight excluding hydrogens is 204 g/mol. The predicted octanol–water partition coefficient (Wildman–Crippen LogP) is 1.47. The van der Waals surface area contributed by atoms with Crippen molar-refractivity contribution < 1.29 is 4.79 Å². The van der Waals surface area contributed by atoms with E-state index in [9.17, 15) is 4.79 Å². The second-order valence-corrected chi connectivity index (χ2v) is 2.82. The topological polar surface area (TPSA) is 60.7 Å². The minimum absolute atomic E-state index is 0.168. The number of carbonyl (C=O) groups is 1. The van der Waals surface area contributed by atoms with Crippen LogP contribution < -0.4 is 0 Å². The van der Waals surface area contributed by atoms with Crippen LogP contribution in [0.15, 0.2) is 30.3 Å². The number of hydrogen-bond acceptors (Lipinski definition) is 4. The minimum Gasteiger partial charge on any atom is -0.285 e. The van der Waals surface area contributed by atoms with Gasteiger partial charge < -0.3 is 0 Å². The molecule has 1 aromatic carbocycles. The van der Waals surface area contributed by atoms with E-state index in [4.69, 9.17) is 0 Å². The lowest BCUT2D eigenvalue weighted by Gasteiger charge is -1.97. The Hall–Kier alpha value is -2.04. The maximum atomic E-state index is 11.8. The van der Waals surface area contributed by atoms with Crippen molar-refractivity contribution in [2.24, 2.45) is 7.05 Å². The van der Waals surface area contributed by atoms with Crippen molar-refractivity contribution in [2.75, 3.05) is 0 Å². The number of carbonyl (C=O) groups excluding carboxylic acids is 1. The van der Waals surface area contributed by atoms with Gasteiger partial charge in [-0.25, -0.2) is 4.68 Å². The van der Waals surface area contributed by atoms with Crippen LogP contribution in [-0.4, -0.2) is 26.0 Å². The lowest BCUT2D eigenvalue weighted by Crippen LogP contribution is -2.09.